The molecule has 1 aromatic carbocycles. The number of rotatable bonds is 3. The molecule has 0 unspecified atom stereocenters. The normalized spacial score (nSPS) is 14.8. The quantitative estimate of drug-likeness (QED) is 0.801. The Hall–Kier alpha value is -2.46. The van der Waals surface area contributed by atoms with Crippen molar-refractivity contribution in [1.82, 2.24) is 14.9 Å². The van der Waals surface area contributed by atoms with Crippen molar-refractivity contribution in [3.63, 3.8) is 0 Å². The Morgan fingerprint density at radius 2 is 1.68 bits per heavy atom. The molecule has 1 aliphatic heterocycles. The van der Waals surface area contributed by atoms with Gasteiger partial charge in [0.25, 0.3) is 0 Å². The average molecular weight is 293 g/mol. The summed E-state index contributed by atoms with van der Waals surface area (Å²) in [6.07, 6.45) is 5.74. The zero-order chi connectivity index (χ0) is 14.9. The van der Waals surface area contributed by atoms with Crippen LogP contribution in [-0.2, 0) is 0 Å². The van der Waals surface area contributed by atoms with E-state index in [9.17, 15) is 4.39 Å². The lowest BCUT2D eigenvalue weighted by atomic mass is 10.0. The number of pyridine rings is 1. The molecule has 4 rings (SSSR count). The maximum Gasteiger partial charge on any atom is 0.123 e. The first-order valence-corrected chi connectivity index (χ1v) is 7.41. The van der Waals surface area contributed by atoms with E-state index in [0.717, 1.165) is 29.8 Å². The van der Waals surface area contributed by atoms with Crippen LogP contribution in [0.5, 0.6) is 0 Å². The minimum Gasteiger partial charge on any atom is -0.341 e. The Balaban J connectivity index is 1.88. The van der Waals surface area contributed by atoms with Crippen molar-refractivity contribution in [2.24, 2.45) is 0 Å². The minimum atomic E-state index is -0.211. The van der Waals surface area contributed by atoms with Gasteiger partial charge in [-0.15, -0.1) is 0 Å². The number of hydrogen-bond acceptors (Lipinski definition) is 2. The second-order valence-corrected chi connectivity index (χ2v) is 5.54. The fourth-order valence-corrected chi connectivity index (χ4v) is 2.90. The van der Waals surface area contributed by atoms with Gasteiger partial charge in [-0.1, -0.05) is 12.1 Å². The summed E-state index contributed by atoms with van der Waals surface area (Å²) in [6.45, 7) is 1.96. The van der Waals surface area contributed by atoms with Crippen LogP contribution < -0.4 is 5.32 Å². The lowest BCUT2D eigenvalue weighted by molar-refractivity contribution is 0.347. The first kappa shape index (κ1) is 13.2. The summed E-state index contributed by atoms with van der Waals surface area (Å²) >= 11 is 0. The SMILES string of the molecule is Fc1ccc(-c2ccn(C3CNC3)c2-c2ccncc2)cc1. The van der Waals surface area contributed by atoms with E-state index in [4.69, 9.17) is 0 Å². The smallest absolute Gasteiger partial charge is 0.123 e. The van der Waals surface area contributed by atoms with Gasteiger partial charge in [-0.3, -0.25) is 4.98 Å². The first-order valence-electron chi connectivity index (χ1n) is 7.41. The number of hydrogen-bond donors (Lipinski definition) is 1. The van der Waals surface area contributed by atoms with Crippen molar-refractivity contribution < 1.29 is 4.39 Å². The van der Waals surface area contributed by atoms with Gasteiger partial charge in [0.2, 0.25) is 0 Å². The highest BCUT2D eigenvalue weighted by atomic mass is 19.1. The fourth-order valence-electron chi connectivity index (χ4n) is 2.90. The van der Waals surface area contributed by atoms with Gasteiger partial charge in [0.15, 0.2) is 0 Å². The Morgan fingerprint density at radius 3 is 2.32 bits per heavy atom. The molecular formula is C18H16FN3. The van der Waals surface area contributed by atoms with Crippen molar-refractivity contribution in [2.45, 2.75) is 6.04 Å². The van der Waals surface area contributed by atoms with E-state index in [1.807, 2.05) is 24.3 Å². The van der Waals surface area contributed by atoms with E-state index in [1.165, 1.54) is 17.8 Å². The molecule has 1 saturated heterocycles. The number of benzene rings is 1. The third-order valence-corrected chi connectivity index (χ3v) is 4.18. The van der Waals surface area contributed by atoms with E-state index in [-0.39, 0.29) is 5.82 Å². The molecule has 2 aromatic heterocycles. The Labute approximate surface area is 128 Å². The maximum absolute atomic E-state index is 13.2. The van der Waals surface area contributed by atoms with Gasteiger partial charge >= 0.3 is 0 Å². The summed E-state index contributed by atoms with van der Waals surface area (Å²) in [6, 6.07) is 13.3. The highest BCUT2D eigenvalue weighted by Crippen LogP contribution is 2.35. The highest BCUT2D eigenvalue weighted by Gasteiger charge is 2.23. The van der Waals surface area contributed by atoms with Crippen molar-refractivity contribution in [1.29, 1.82) is 0 Å². The van der Waals surface area contributed by atoms with E-state index < -0.39 is 0 Å². The summed E-state index contributed by atoms with van der Waals surface area (Å²) in [7, 11) is 0. The number of nitrogens with one attached hydrogen (secondary N) is 1. The van der Waals surface area contributed by atoms with E-state index >= 15 is 0 Å². The number of halogens is 1. The first-order chi connectivity index (χ1) is 10.8. The van der Waals surface area contributed by atoms with Gasteiger partial charge in [0.1, 0.15) is 5.82 Å². The molecule has 0 spiro atoms. The molecule has 0 bridgehead atoms. The van der Waals surface area contributed by atoms with E-state index in [0.29, 0.717) is 6.04 Å². The Bertz CT molecular complexity index is 774. The lowest BCUT2D eigenvalue weighted by Crippen LogP contribution is -2.43. The molecule has 1 aliphatic rings. The van der Waals surface area contributed by atoms with Crippen LogP contribution in [0.3, 0.4) is 0 Å². The van der Waals surface area contributed by atoms with Gasteiger partial charge in [-0.2, -0.15) is 0 Å². The zero-order valence-corrected chi connectivity index (χ0v) is 12.0. The number of nitrogens with zero attached hydrogens (tertiary/aromatic N) is 2. The molecule has 0 saturated carbocycles. The molecular weight excluding hydrogens is 277 g/mol. The van der Waals surface area contributed by atoms with Crippen molar-refractivity contribution >= 4 is 0 Å². The van der Waals surface area contributed by atoms with Crippen LogP contribution in [0.4, 0.5) is 4.39 Å². The summed E-state index contributed by atoms with van der Waals surface area (Å²) in [5.74, 6) is -0.211. The molecule has 0 aliphatic carbocycles. The van der Waals surface area contributed by atoms with E-state index in [2.05, 4.69) is 27.1 Å². The monoisotopic (exact) mass is 293 g/mol. The summed E-state index contributed by atoms with van der Waals surface area (Å²) < 4.78 is 15.5. The molecule has 0 atom stereocenters. The molecule has 110 valence electrons. The topological polar surface area (TPSA) is 29.9 Å². The zero-order valence-electron chi connectivity index (χ0n) is 12.0. The standard InChI is InChI=1S/C18H16FN3/c19-15-3-1-13(2-4-15)17-7-10-22(16-11-21-12-16)18(17)14-5-8-20-9-6-14/h1-10,16,21H,11-12H2. The van der Waals surface area contributed by atoms with Crippen molar-refractivity contribution in [3.8, 4) is 22.4 Å². The third-order valence-electron chi connectivity index (χ3n) is 4.18. The lowest BCUT2D eigenvalue weighted by Gasteiger charge is -2.30. The van der Waals surface area contributed by atoms with Gasteiger partial charge < -0.3 is 9.88 Å². The summed E-state index contributed by atoms with van der Waals surface area (Å²) in [5.41, 5.74) is 4.45. The molecule has 22 heavy (non-hydrogen) atoms. The molecule has 1 fully saturated rings. The summed E-state index contributed by atoms with van der Waals surface area (Å²) in [5, 5.41) is 3.31. The van der Waals surface area contributed by atoms with Crippen LogP contribution in [0.25, 0.3) is 22.4 Å². The van der Waals surface area contributed by atoms with Crippen LogP contribution in [0.2, 0.25) is 0 Å². The molecule has 3 nitrogen and oxygen atoms in total. The molecule has 1 N–H and O–H groups in total. The largest absolute Gasteiger partial charge is 0.341 e. The van der Waals surface area contributed by atoms with Crippen molar-refractivity contribution in [3.05, 3.63) is 66.9 Å². The molecule has 3 aromatic rings. The van der Waals surface area contributed by atoms with Crippen LogP contribution in [0, 0.1) is 5.82 Å². The molecule has 3 heterocycles. The predicted molar refractivity (Wildman–Crippen MR) is 85.0 cm³/mol. The van der Waals surface area contributed by atoms with Crippen molar-refractivity contribution in [2.75, 3.05) is 13.1 Å². The van der Waals surface area contributed by atoms with E-state index in [1.54, 1.807) is 12.4 Å². The molecule has 4 heteroatoms. The Kier molecular flexibility index (Phi) is 3.24. The van der Waals surface area contributed by atoms with Gasteiger partial charge in [-0.25, -0.2) is 4.39 Å². The summed E-state index contributed by atoms with van der Waals surface area (Å²) in [4.78, 5) is 4.11. The van der Waals surface area contributed by atoms with Gasteiger partial charge in [0.05, 0.1) is 11.7 Å². The van der Waals surface area contributed by atoms with Crippen LogP contribution in [0.15, 0.2) is 61.1 Å². The second-order valence-electron chi connectivity index (χ2n) is 5.54. The van der Waals surface area contributed by atoms with Crippen LogP contribution in [0.1, 0.15) is 6.04 Å². The predicted octanol–water partition coefficient (Wildman–Crippen LogP) is 3.50. The molecule has 0 amide bonds. The second kappa shape index (κ2) is 5.39. The average Bonchev–Trinajstić information content (AvgIpc) is 2.91. The van der Waals surface area contributed by atoms with Crippen LogP contribution in [-0.4, -0.2) is 22.6 Å². The Morgan fingerprint density at radius 1 is 0.955 bits per heavy atom. The maximum atomic E-state index is 13.2. The minimum absolute atomic E-state index is 0.211. The van der Waals surface area contributed by atoms with Gasteiger partial charge in [0, 0.05) is 42.8 Å². The molecule has 0 radical (unpaired) electrons. The van der Waals surface area contributed by atoms with Gasteiger partial charge in [-0.05, 0) is 35.9 Å². The van der Waals surface area contributed by atoms with Crippen LogP contribution >= 0.6 is 0 Å². The third kappa shape index (κ3) is 2.22. The highest BCUT2D eigenvalue weighted by molar-refractivity contribution is 5.81. The number of aromatic nitrogens is 2. The fraction of sp³-hybridized carbons (Fsp3) is 0.167.